The first-order valence-corrected chi connectivity index (χ1v) is 8.53. The van der Waals surface area contributed by atoms with E-state index in [1.807, 2.05) is 72.9 Å². The largest absolute Gasteiger partial charge is 0.298 e. The molecule has 0 aliphatic carbocycles. The minimum atomic E-state index is -0.566. The van der Waals surface area contributed by atoms with Crippen LogP contribution in [-0.2, 0) is 5.41 Å². The summed E-state index contributed by atoms with van der Waals surface area (Å²) in [5.74, 6) is 0. The highest BCUT2D eigenvalue weighted by atomic mass is 16.1. The summed E-state index contributed by atoms with van der Waals surface area (Å²) in [6.07, 6.45) is 2.71. The fourth-order valence-corrected chi connectivity index (χ4v) is 3.60. The Morgan fingerprint density at radius 3 is 1.69 bits per heavy atom. The molecule has 0 spiro atoms. The minimum Gasteiger partial charge on any atom is -0.298 e. The zero-order chi connectivity index (χ0) is 17.8. The molecule has 1 N–H and O–H groups in total. The summed E-state index contributed by atoms with van der Waals surface area (Å²) in [6, 6.07) is 30.4. The third kappa shape index (κ3) is 2.54. The van der Waals surface area contributed by atoms with E-state index in [0.29, 0.717) is 5.56 Å². The van der Waals surface area contributed by atoms with Crippen LogP contribution >= 0.6 is 0 Å². The maximum absolute atomic E-state index is 11.1. The van der Waals surface area contributed by atoms with Crippen molar-refractivity contribution in [2.24, 2.45) is 0 Å². The minimum absolute atomic E-state index is 0.566. The van der Waals surface area contributed by atoms with Crippen molar-refractivity contribution < 1.29 is 4.79 Å². The molecule has 0 atom stereocenters. The Balaban J connectivity index is 2.08. The van der Waals surface area contributed by atoms with Gasteiger partial charge in [-0.2, -0.15) is 5.10 Å². The molecule has 126 valence electrons. The molecule has 0 saturated heterocycles. The van der Waals surface area contributed by atoms with E-state index in [2.05, 4.69) is 34.5 Å². The van der Waals surface area contributed by atoms with E-state index in [0.717, 1.165) is 28.7 Å². The van der Waals surface area contributed by atoms with Gasteiger partial charge in [-0.1, -0.05) is 84.9 Å². The van der Waals surface area contributed by atoms with Crippen LogP contribution in [0.5, 0.6) is 0 Å². The molecule has 0 aliphatic rings. The zero-order valence-electron chi connectivity index (χ0n) is 14.2. The number of benzene rings is 3. The van der Waals surface area contributed by atoms with E-state index in [4.69, 9.17) is 0 Å². The number of aromatic amines is 1. The van der Waals surface area contributed by atoms with Gasteiger partial charge in [0, 0.05) is 11.8 Å². The lowest BCUT2D eigenvalue weighted by Crippen LogP contribution is -2.31. The summed E-state index contributed by atoms with van der Waals surface area (Å²) in [6.45, 7) is 0. The summed E-state index contributed by atoms with van der Waals surface area (Å²) < 4.78 is 0. The lowest BCUT2D eigenvalue weighted by Gasteiger charge is -2.34. The Bertz CT molecular complexity index is 936. The molecule has 4 aromatic rings. The second-order valence-electron chi connectivity index (χ2n) is 6.18. The van der Waals surface area contributed by atoms with E-state index in [1.165, 1.54) is 0 Å². The molecule has 0 saturated carbocycles. The van der Waals surface area contributed by atoms with E-state index in [9.17, 15) is 4.79 Å². The van der Waals surface area contributed by atoms with Crippen LogP contribution in [0.1, 0.15) is 32.7 Å². The number of nitrogens with one attached hydrogen (secondary N) is 1. The number of carbonyl (C=O) groups is 1. The third-order valence-electron chi connectivity index (χ3n) is 4.78. The van der Waals surface area contributed by atoms with Gasteiger partial charge in [0.1, 0.15) is 6.29 Å². The number of carbonyl (C=O) groups excluding carboxylic acids is 1. The number of nitrogens with zero attached hydrogens (tertiary/aromatic N) is 1. The maximum Gasteiger partial charge on any atom is 0.150 e. The molecular formula is C23H18N2O. The van der Waals surface area contributed by atoms with Gasteiger partial charge >= 0.3 is 0 Å². The van der Waals surface area contributed by atoms with Crippen LogP contribution in [0.3, 0.4) is 0 Å². The Hall–Kier alpha value is -3.46. The molecular weight excluding hydrogens is 320 g/mol. The predicted molar refractivity (Wildman–Crippen MR) is 102 cm³/mol. The van der Waals surface area contributed by atoms with Crippen LogP contribution in [0.2, 0.25) is 0 Å². The van der Waals surface area contributed by atoms with Crippen LogP contribution in [-0.4, -0.2) is 16.5 Å². The second kappa shape index (κ2) is 6.81. The van der Waals surface area contributed by atoms with Gasteiger partial charge in [-0.15, -0.1) is 0 Å². The molecule has 0 bridgehead atoms. The van der Waals surface area contributed by atoms with Crippen molar-refractivity contribution >= 4 is 6.29 Å². The summed E-state index contributed by atoms with van der Waals surface area (Å²) in [5, 5.41) is 7.53. The number of hydrogen-bond donors (Lipinski definition) is 1. The molecule has 0 unspecified atom stereocenters. The van der Waals surface area contributed by atoms with Crippen molar-refractivity contribution in [2.45, 2.75) is 5.41 Å². The molecule has 0 fully saturated rings. The van der Waals surface area contributed by atoms with E-state index in [-0.39, 0.29) is 0 Å². The Kier molecular flexibility index (Phi) is 4.20. The fourth-order valence-electron chi connectivity index (χ4n) is 3.60. The van der Waals surface area contributed by atoms with Crippen molar-refractivity contribution in [3.8, 4) is 0 Å². The third-order valence-corrected chi connectivity index (χ3v) is 4.78. The van der Waals surface area contributed by atoms with Crippen molar-refractivity contribution in [3.05, 3.63) is 125 Å². The molecule has 0 aliphatic heterocycles. The van der Waals surface area contributed by atoms with Crippen molar-refractivity contribution in [3.63, 3.8) is 0 Å². The summed E-state index contributed by atoms with van der Waals surface area (Å²) in [7, 11) is 0. The van der Waals surface area contributed by atoms with Crippen LogP contribution in [0.15, 0.2) is 97.2 Å². The Morgan fingerprint density at radius 2 is 1.23 bits per heavy atom. The summed E-state index contributed by atoms with van der Waals surface area (Å²) in [4.78, 5) is 11.1. The smallest absolute Gasteiger partial charge is 0.150 e. The van der Waals surface area contributed by atoms with E-state index >= 15 is 0 Å². The molecule has 1 aromatic heterocycles. The molecule has 3 nitrogen and oxygen atoms in total. The quantitative estimate of drug-likeness (QED) is 0.427. The average Bonchev–Trinajstić information content (AvgIpc) is 3.26. The SMILES string of the molecule is O=Cc1ccc(C(c2ccccc2)(c2ccccc2)c2cc[nH]n2)cc1. The van der Waals surface area contributed by atoms with Crippen LogP contribution in [0.4, 0.5) is 0 Å². The number of aromatic nitrogens is 2. The lowest BCUT2D eigenvalue weighted by atomic mass is 9.67. The van der Waals surface area contributed by atoms with Crippen LogP contribution in [0.25, 0.3) is 0 Å². The van der Waals surface area contributed by atoms with Gasteiger partial charge in [0.05, 0.1) is 11.1 Å². The second-order valence-corrected chi connectivity index (χ2v) is 6.18. The van der Waals surface area contributed by atoms with Gasteiger partial charge in [-0.05, 0) is 22.8 Å². The van der Waals surface area contributed by atoms with Crippen molar-refractivity contribution in [1.82, 2.24) is 10.2 Å². The molecule has 0 radical (unpaired) electrons. The topological polar surface area (TPSA) is 45.8 Å². The first kappa shape index (κ1) is 16.0. The van der Waals surface area contributed by atoms with E-state index < -0.39 is 5.41 Å². The molecule has 4 rings (SSSR count). The summed E-state index contributed by atoms with van der Waals surface area (Å²) >= 11 is 0. The van der Waals surface area contributed by atoms with Gasteiger partial charge in [-0.25, -0.2) is 0 Å². The van der Waals surface area contributed by atoms with Gasteiger partial charge in [-0.3, -0.25) is 9.89 Å². The van der Waals surface area contributed by atoms with Crippen LogP contribution < -0.4 is 0 Å². The Morgan fingerprint density at radius 1 is 0.692 bits per heavy atom. The highest BCUT2D eigenvalue weighted by Crippen LogP contribution is 2.43. The molecule has 3 heteroatoms. The average molecular weight is 338 g/mol. The monoisotopic (exact) mass is 338 g/mol. The standard InChI is InChI=1S/C23H18N2O/c26-17-18-11-13-21(14-12-18)23(22-15-16-24-25-22,19-7-3-1-4-8-19)20-9-5-2-6-10-20/h1-17H,(H,24,25). The number of rotatable bonds is 5. The fraction of sp³-hybridized carbons (Fsp3) is 0.0435. The van der Waals surface area contributed by atoms with Crippen molar-refractivity contribution in [2.75, 3.05) is 0 Å². The molecule has 0 amide bonds. The van der Waals surface area contributed by atoms with Gasteiger partial charge < -0.3 is 0 Å². The lowest BCUT2D eigenvalue weighted by molar-refractivity contribution is 0.112. The highest BCUT2D eigenvalue weighted by Gasteiger charge is 2.39. The zero-order valence-corrected chi connectivity index (χ0v) is 14.2. The van der Waals surface area contributed by atoms with E-state index in [1.54, 1.807) is 0 Å². The van der Waals surface area contributed by atoms with Crippen LogP contribution in [0, 0.1) is 0 Å². The summed E-state index contributed by atoms with van der Waals surface area (Å²) in [5.41, 5.74) is 4.31. The first-order chi connectivity index (χ1) is 12.9. The first-order valence-electron chi connectivity index (χ1n) is 8.53. The normalized spacial score (nSPS) is 11.2. The predicted octanol–water partition coefficient (Wildman–Crippen LogP) is 4.60. The van der Waals surface area contributed by atoms with Gasteiger partial charge in [0.15, 0.2) is 0 Å². The van der Waals surface area contributed by atoms with Gasteiger partial charge in [0.2, 0.25) is 0 Å². The molecule has 1 heterocycles. The molecule has 26 heavy (non-hydrogen) atoms. The van der Waals surface area contributed by atoms with Gasteiger partial charge in [0.25, 0.3) is 0 Å². The highest BCUT2D eigenvalue weighted by molar-refractivity contribution is 5.75. The Labute approximate surface area is 152 Å². The number of H-pyrrole nitrogens is 1. The number of hydrogen-bond acceptors (Lipinski definition) is 2. The van der Waals surface area contributed by atoms with Crippen molar-refractivity contribution in [1.29, 1.82) is 0 Å². The molecule has 3 aromatic carbocycles. The maximum atomic E-state index is 11.1. The number of aldehydes is 1.